The molecule has 1 aromatic carbocycles. The van der Waals surface area contributed by atoms with Crippen molar-refractivity contribution in [1.29, 1.82) is 0 Å². The normalized spacial score (nSPS) is 15.1. The topological polar surface area (TPSA) is 152 Å². The Bertz CT molecular complexity index is 1050. The molecule has 1 aliphatic rings. The number of aliphatic hydroxyl groups is 1. The molecule has 170 valence electrons. The van der Waals surface area contributed by atoms with Crippen LogP contribution in [0.3, 0.4) is 0 Å². The number of likely N-dealkylation sites (tertiary alicyclic amines) is 1. The van der Waals surface area contributed by atoms with Gasteiger partial charge in [-0.15, -0.1) is 0 Å². The van der Waals surface area contributed by atoms with Gasteiger partial charge < -0.3 is 35.6 Å². The molecule has 2 heterocycles. The molecule has 0 radical (unpaired) electrons. The molecular formula is C21H25N5O6. The highest BCUT2D eigenvalue weighted by molar-refractivity contribution is 6.00. The van der Waals surface area contributed by atoms with Crippen molar-refractivity contribution in [2.45, 2.75) is 12.5 Å². The monoisotopic (exact) mass is 443 g/mol. The van der Waals surface area contributed by atoms with Gasteiger partial charge in [-0.25, -0.2) is 9.48 Å². The first kappa shape index (κ1) is 22.8. The average Bonchev–Trinajstić information content (AvgIpc) is 3.40. The van der Waals surface area contributed by atoms with Crippen LogP contribution in [0.25, 0.3) is 0 Å². The average molecular weight is 443 g/mol. The summed E-state index contributed by atoms with van der Waals surface area (Å²) >= 11 is 0. The number of nitrogens with one attached hydrogen (secondary N) is 1. The molecule has 11 heteroatoms. The second-order valence-electron chi connectivity index (χ2n) is 7.05. The van der Waals surface area contributed by atoms with Crippen molar-refractivity contribution >= 4 is 17.8 Å². The number of anilines is 1. The van der Waals surface area contributed by atoms with Crippen LogP contribution >= 0.6 is 0 Å². The first-order chi connectivity index (χ1) is 15.4. The van der Waals surface area contributed by atoms with E-state index in [9.17, 15) is 19.8 Å². The quantitative estimate of drug-likeness (QED) is 0.457. The molecule has 11 nitrogen and oxygen atoms in total. The highest BCUT2D eigenvalue weighted by atomic mass is 16.5. The van der Waals surface area contributed by atoms with E-state index in [0.717, 1.165) is 0 Å². The fraction of sp³-hybridized carbons (Fsp3) is 0.381. The minimum Gasteiger partial charge on any atom is -0.497 e. The number of ether oxygens (including phenoxy) is 2. The zero-order chi connectivity index (χ0) is 23.3. The first-order valence-corrected chi connectivity index (χ1v) is 9.88. The lowest BCUT2D eigenvalue weighted by Gasteiger charge is -2.16. The van der Waals surface area contributed by atoms with Crippen LogP contribution in [0.5, 0.6) is 11.5 Å². The van der Waals surface area contributed by atoms with Crippen LogP contribution in [0.15, 0.2) is 18.2 Å². The number of aromatic nitrogens is 2. The number of aliphatic hydroxyl groups excluding tert-OH is 1. The van der Waals surface area contributed by atoms with Crippen LogP contribution in [-0.4, -0.2) is 77.4 Å². The Kier molecular flexibility index (Phi) is 7.07. The Labute approximate surface area is 184 Å². The lowest BCUT2D eigenvalue weighted by molar-refractivity contribution is 0.100. The fourth-order valence-corrected chi connectivity index (χ4v) is 3.49. The molecule has 32 heavy (non-hydrogen) atoms. The number of hydrogen-bond acceptors (Lipinski definition) is 7. The van der Waals surface area contributed by atoms with E-state index in [1.54, 1.807) is 18.2 Å². The van der Waals surface area contributed by atoms with E-state index < -0.39 is 12.0 Å². The van der Waals surface area contributed by atoms with E-state index in [2.05, 4.69) is 22.3 Å². The van der Waals surface area contributed by atoms with Crippen LogP contribution in [-0.2, 0) is 0 Å². The summed E-state index contributed by atoms with van der Waals surface area (Å²) in [6, 6.07) is 4.82. The summed E-state index contributed by atoms with van der Waals surface area (Å²) in [6.07, 6.45) is -0.508. The highest BCUT2D eigenvalue weighted by Gasteiger charge is 2.32. The molecule has 1 unspecified atom stereocenters. The molecule has 1 atom stereocenters. The molecule has 3 rings (SSSR count). The van der Waals surface area contributed by atoms with Crippen molar-refractivity contribution in [3.05, 3.63) is 35.0 Å². The predicted octanol–water partition coefficient (Wildman–Crippen LogP) is 0.728. The summed E-state index contributed by atoms with van der Waals surface area (Å²) in [6.45, 7) is 0.528. The number of amides is 2. The van der Waals surface area contributed by atoms with Crippen molar-refractivity contribution in [3.8, 4) is 23.3 Å². The standard InChI is InChI=1S/C21H25N5O6/c1-31-15-9-13(10-16(11-15)32-2)3-4-17-18(19(22)28)20(23-6-8-27)26(24-17)14-5-7-25(12-14)21(29)30/h9-11,14,23,27H,5-8,12H2,1-2H3,(H2,22,28)(H,29,30). The molecule has 0 aliphatic carbocycles. The van der Waals surface area contributed by atoms with Crippen molar-refractivity contribution in [2.24, 2.45) is 5.73 Å². The Balaban J connectivity index is 2.05. The third-order valence-electron chi connectivity index (χ3n) is 5.02. The molecule has 0 spiro atoms. The first-order valence-electron chi connectivity index (χ1n) is 9.88. The van der Waals surface area contributed by atoms with Crippen LogP contribution in [0.4, 0.5) is 10.6 Å². The number of benzene rings is 1. The maximum absolute atomic E-state index is 12.3. The number of primary amides is 1. The summed E-state index contributed by atoms with van der Waals surface area (Å²) in [5.41, 5.74) is 6.43. The molecule has 1 aromatic heterocycles. The van der Waals surface area contributed by atoms with Crippen molar-refractivity contribution < 1.29 is 29.3 Å². The Hall–Kier alpha value is -3.91. The SMILES string of the molecule is COc1cc(C#Cc2nn(C3CCN(C(=O)O)C3)c(NCCO)c2C(N)=O)cc(OC)c1. The maximum Gasteiger partial charge on any atom is 0.407 e. The number of rotatable bonds is 7. The lowest BCUT2D eigenvalue weighted by Crippen LogP contribution is -2.28. The molecule has 0 bridgehead atoms. The molecule has 1 fully saturated rings. The summed E-state index contributed by atoms with van der Waals surface area (Å²) in [7, 11) is 3.06. The summed E-state index contributed by atoms with van der Waals surface area (Å²) in [5.74, 6) is 6.50. The van der Waals surface area contributed by atoms with Crippen LogP contribution in [0, 0.1) is 11.8 Å². The molecule has 1 aliphatic heterocycles. The minimum atomic E-state index is -1.02. The van der Waals surface area contributed by atoms with Crippen LogP contribution in [0.2, 0.25) is 0 Å². The number of hydrogen-bond donors (Lipinski definition) is 4. The van der Waals surface area contributed by atoms with Gasteiger partial charge in [-0.2, -0.15) is 5.10 Å². The van der Waals surface area contributed by atoms with Gasteiger partial charge in [0.15, 0.2) is 5.69 Å². The molecule has 0 saturated carbocycles. The van der Waals surface area contributed by atoms with E-state index in [-0.39, 0.29) is 37.0 Å². The number of nitrogens with zero attached hydrogens (tertiary/aromatic N) is 3. The fourth-order valence-electron chi connectivity index (χ4n) is 3.49. The maximum atomic E-state index is 12.3. The molecule has 1 saturated heterocycles. The predicted molar refractivity (Wildman–Crippen MR) is 115 cm³/mol. The zero-order valence-corrected chi connectivity index (χ0v) is 17.8. The number of carbonyl (C=O) groups is 2. The molecule has 2 aromatic rings. The van der Waals surface area contributed by atoms with Gasteiger partial charge in [-0.3, -0.25) is 4.79 Å². The van der Waals surface area contributed by atoms with Gasteiger partial charge in [0.1, 0.15) is 22.9 Å². The van der Waals surface area contributed by atoms with E-state index in [4.69, 9.17) is 15.2 Å². The Morgan fingerprint density at radius 2 is 1.94 bits per heavy atom. The minimum absolute atomic E-state index is 0.0783. The van der Waals surface area contributed by atoms with Gasteiger partial charge in [0, 0.05) is 31.3 Å². The number of methoxy groups -OCH3 is 2. The van der Waals surface area contributed by atoms with Crippen molar-refractivity contribution in [1.82, 2.24) is 14.7 Å². The smallest absolute Gasteiger partial charge is 0.407 e. The van der Waals surface area contributed by atoms with Gasteiger partial charge in [0.25, 0.3) is 5.91 Å². The van der Waals surface area contributed by atoms with E-state index in [1.807, 2.05) is 0 Å². The zero-order valence-electron chi connectivity index (χ0n) is 17.8. The number of carboxylic acid groups (broad SMARTS) is 1. The summed E-state index contributed by atoms with van der Waals surface area (Å²) < 4.78 is 12.0. The molecular weight excluding hydrogens is 418 g/mol. The van der Waals surface area contributed by atoms with Gasteiger partial charge in [0.05, 0.1) is 26.9 Å². The van der Waals surface area contributed by atoms with E-state index in [1.165, 1.54) is 23.8 Å². The lowest BCUT2D eigenvalue weighted by atomic mass is 10.1. The van der Waals surface area contributed by atoms with Gasteiger partial charge in [0.2, 0.25) is 0 Å². The second kappa shape index (κ2) is 9.93. The molecule has 2 amide bonds. The third kappa shape index (κ3) is 4.87. The summed E-state index contributed by atoms with van der Waals surface area (Å²) in [4.78, 5) is 24.9. The van der Waals surface area contributed by atoms with E-state index >= 15 is 0 Å². The Morgan fingerprint density at radius 1 is 1.25 bits per heavy atom. The van der Waals surface area contributed by atoms with Gasteiger partial charge in [-0.05, 0) is 24.5 Å². The number of carbonyl (C=O) groups excluding carboxylic acids is 1. The van der Waals surface area contributed by atoms with Gasteiger partial charge in [-0.1, -0.05) is 5.92 Å². The van der Waals surface area contributed by atoms with Crippen molar-refractivity contribution in [3.63, 3.8) is 0 Å². The van der Waals surface area contributed by atoms with Crippen molar-refractivity contribution in [2.75, 3.05) is 45.8 Å². The third-order valence-corrected chi connectivity index (χ3v) is 5.02. The van der Waals surface area contributed by atoms with Gasteiger partial charge >= 0.3 is 6.09 Å². The summed E-state index contributed by atoms with van der Waals surface area (Å²) in [5, 5.41) is 25.9. The Morgan fingerprint density at radius 3 is 2.47 bits per heavy atom. The molecule has 5 N–H and O–H groups in total. The van der Waals surface area contributed by atoms with E-state index in [0.29, 0.717) is 35.8 Å². The van der Waals surface area contributed by atoms with Crippen LogP contribution in [0.1, 0.15) is 34.1 Å². The van der Waals surface area contributed by atoms with Crippen LogP contribution < -0.4 is 20.5 Å². The second-order valence-corrected chi connectivity index (χ2v) is 7.05. The number of nitrogens with two attached hydrogens (primary N) is 1. The largest absolute Gasteiger partial charge is 0.497 e. The highest BCUT2D eigenvalue weighted by Crippen LogP contribution is 2.29.